The summed E-state index contributed by atoms with van der Waals surface area (Å²) in [5.74, 6) is 0.463. The summed E-state index contributed by atoms with van der Waals surface area (Å²) < 4.78 is 29.7. The van der Waals surface area contributed by atoms with E-state index in [4.69, 9.17) is 10.00 Å². The van der Waals surface area contributed by atoms with Gasteiger partial charge in [0.25, 0.3) is 0 Å². The maximum absolute atomic E-state index is 12.2. The van der Waals surface area contributed by atoms with E-state index in [0.29, 0.717) is 16.2 Å². The van der Waals surface area contributed by atoms with Gasteiger partial charge in [0.15, 0.2) is 9.84 Å². The van der Waals surface area contributed by atoms with Gasteiger partial charge in [0, 0.05) is 0 Å². The van der Waals surface area contributed by atoms with Gasteiger partial charge in [0.05, 0.1) is 22.3 Å². The molecule has 0 N–H and O–H groups in total. The van der Waals surface area contributed by atoms with Gasteiger partial charge in [-0.1, -0.05) is 12.1 Å². The summed E-state index contributed by atoms with van der Waals surface area (Å²) >= 11 is 0. The Bertz CT molecular complexity index is 759. The van der Waals surface area contributed by atoms with Gasteiger partial charge in [0.2, 0.25) is 0 Å². The number of aryl methyl sites for hydroxylation is 1. The van der Waals surface area contributed by atoms with Crippen LogP contribution in [0.2, 0.25) is 0 Å². The normalized spacial score (nSPS) is 10.9. The fourth-order valence-electron chi connectivity index (χ4n) is 1.82. The van der Waals surface area contributed by atoms with Crippen molar-refractivity contribution in [3.8, 4) is 11.8 Å². The van der Waals surface area contributed by atoms with Crippen molar-refractivity contribution in [1.29, 1.82) is 5.26 Å². The molecule has 0 saturated carbocycles. The second-order valence-electron chi connectivity index (χ2n) is 4.62. The first-order valence-corrected chi connectivity index (χ1v) is 8.09. The number of rotatable bonds is 5. The van der Waals surface area contributed by atoms with Crippen molar-refractivity contribution >= 4 is 9.84 Å². The number of hydrogen-bond donors (Lipinski definition) is 0. The molecule has 0 aliphatic carbocycles. The van der Waals surface area contributed by atoms with Crippen molar-refractivity contribution < 1.29 is 13.2 Å². The lowest BCUT2D eigenvalue weighted by Crippen LogP contribution is -2.14. The van der Waals surface area contributed by atoms with Crippen LogP contribution in [0.4, 0.5) is 0 Å². The number of benzene rings is 2. The molecule has 2 aromatic rings. The quantitative estimate of drug-likeness (QED) is 0.851. The van der Waals surface area contributed by atoms with E-state index in [1.165, 1.54) is 0 Å². The highest BCUT2D eigenvalue weighted by Gasteiger charge is 2.14. The summed E-state index contributed by atoms with van der Waals surface area (Å²) in [4.78, 5) is 0.311. The molecule has 0 spiro atoms. The zero-order chi connectivity index (χ0) is 15.3. The zero-order valence-corrected chi connectivity index (χ0v) is 12.4. The Kier molecular flexibility index (Phi) is 4.61. The average Bonchev–Trinajstić information content (AvgIpc) is 2.48. The van der Waals surface area contributed by atoms with Crippen molar-refractivity contribution in [1.82, 2.24) is 0 Å². The lowest BCUT2D eigenvalue weighted by atomic mass is 10.2. The molecule has 0 radical (unpaired) electrons. The largest absolute Gasteiger partial charge is 0.493 e. The van der Waals surface area contributed by atoms with Gasteiger partial charge in [0.1, 0.15) is 12.4 Å². The molecule has 2 aromatic carbocycles. The van der Waals surface area contributed by atoms with E-state index < -0.39 is 9.84 Å². The zero-order valence-electron chi connectivity index (χ0n) is 11.6. The van der Waals surface area contributed by atoms with E-state index in [0.717, 1.165) is 5.56 Å². The summed E-state index contributed by atoms with van der Waals surface area (Å²) in [5.41, 5.74) is 1.44. The number of hydrogen-bond acceptors (Lipinski definition) is 4. The van der Waals surface area contributed by atoms with E-state index in [1.807, 2.05) is 19.1 Å². The summed E-state index contributed by atoms with van der Waals surface area (Å²) in [7, 11) is -3.34. The maximum atomic E-state index is 12.2. The predicted molar refractivity (Wildman–Crippen MR) is 79.9 cm³/mol. The molecule has 0 aromatic heterocycles. The first-order valence-electron chi connectivity index (χ1n) is 6.44. The van der Waals surface area contributed by atoms with Crippen LogP contribution in [-0.2, 0) is 9.84 Å². The molecule has 108 valence electrons. The molecule has 5 heteroatoms. The van der Waals surface area contributed by atoms with Crippen LogP contribution < -0.4 is 4.74 Å². The molecule has 0 saturated heterocycles. The van der Waals surface area contributed by atoms with Gasteiger partial charge in [-0.2, -0.15) is 5.26 Å². The smallest absolute Gasteiger partial charge is 0.181 e. The third-order valence-corrected chi connectivity index (χ3v) is 4.63. The van der Waals surface area contributed by atoms with Gasteiger partial charge in [-0.05, 0) is 48.9 Å². The van der Waals surface area contributed by atoms with E-state index >= 15 is 0 Å². The topological polar surface area (TPSA) is 67.2 Å². The first-order chi connectivity index (χ1) is 10.0. The molecule has 0 unspecified atom stereocenters. The van der Waals surface area contributed by atoms with Crippen LogP contribution in [0.5, 0.6) is 5.75 Å². The Morgan fingerprint density at radius 1 is 1.14 bits per heavy atom. The summed E-state index contributed by atoms with van der Waals surface area (Å²) in [5, 5.41) is 8.69. The molecule has 4 nitrogen and oxygen atoms in total. The van der Waals surface area contributed by atoms with Crippen LogP contribution in [0.15, 0.2) is 53.4 Å². The minimum atomic E-state index is -3.34. The summed E-state index contributed by atoms with van der Waals surface area (Å²) in [6.45, 7) is 1.93. The van der Waals surface area contributed by atoms with Crippen molar-refractivity contribution in [2.45, 2.75) is 11.8 Å². The Morgan fingerprint density at radius 2 is 1.86 bits per heavy atom. The van der Waals surface area contributed by atoms with Gasteiger partial charge in [-0.25, -0.2) is 8.42 Å². The minimum absolute atomic E-state index is 0.0716. The first kappa shape index (κ1) is 15.1. The monoisotopic (exact) mass is 301 g/mol. The van der Waals surface area contributed by atoms with E-state index in [1.54, 1.807) is 42.5 Å². The lowest BCUT2D eigenvalue weighted by molar-refractivity contribution is 0.341. The fourth-order valence-corrected chi connectivity index (χ4v) is 3.01. The van der Waals surface area contributed by atoms with Crippen LogP contribution in [-0.4, -0.2) is 20.8 Å². The molecule has 0 bridgehead atoms. The van der Waals surface area contributed by atoms with E-state index in [-0.39, 0.29) is 12.4 Å². The Morgan fingerprint density at radius 3 is 2.48 bits per heavy atom. The molecule has 0 aliphatic heterocycles. The van der Waals surface area contributed by atoms with Gasteiger partial charge in [-0.15, -0.1) is 0 Å². The third-order valence-electron chi connectivity index (χ3n) is 2.95. The van der Waals surface area contributed by atoms with Crippen molar-refractivity contribution in [2.24, 2.45) is 0 Å². The highest BCUT2D eigenvalue weighted by Crippen LogP contribution is 2.15. The highest BCUT2D eigenvalue weighted by molar-refractivity contribution is 7.91. The average molecular weight is 301 g/mol. The van der Waals surface area contributed by atoms with Gasteiger partial charge < -0.3 is 4.74 Å². The Balaban J connectivity index is 1.97. The number of sulfone groups is 1. The highest BCUT2D eigenvalue weighted by atomic mass is 32.2. The predicted octanol–water partition coefficient (Wildman–Crippen LogP) is 2.72. The molecule has 2 rings (SSSR count). The molecule has 21 heavy (non-hydrogen) atoms. The van der Waals surface area contributed by atoms with E-state index in [2.05, 4.69) is 0 Å². The fraction of sp³-hybridized carbons (Fsp3) is 0.188. The Hall–Kier alpha value is -2.32. The molecular weight excluding hydrogens is 286 g/mol. The van der Waals surface area contributed by atoms with Crippen molar-refractivity contribution in [3.63, 3.8) is 0 Å². The maximum Gasteiger partial charge on any atom is 0.181 e. The van der Waals surface area contributed by atoms with Gasteiger partial charge >= 0.3 is 0 Å². The molecule has 0 heterocycles. The lowest BCUT2D eigenvalue weighted by Gasteiger charge is -2.08. The third kappa shape index (κ3) is 4.07. The second kappa shape index (κ2) is 6.42. The van der Waals surface area contributed by atoms with Gasteiger partial charge in [-0.3, -0.25) is 0 Å². The van der Waals surface area contributed by atoms with E-state index in [9.17, 15) is 8.42 Å². The Labute approximate surface area is 124 Å². The minimum Gasteiger partial charge on any atom is -0.493 e. The van der Waals surface area contributed by atoms with Crippen LogP contribution in [0.3, 0.4) is 0 Å². The standard InChI is InChI=1S/C16H15NO3S/c1-13-3-2-4-16(11-13)21(18,19)10-9-20-15-7-5-14(12-17)6-8-15/h2-8,11H,9-10H2,1H3. The SMILES string of the molecule is Cc1cccc(S(=O)(=O)CCOc2ccc(C#N)cc2)c1. The van der Waals surface area contributed by atoms with Crippen LogP contribution in [0.1, 0.15) is 11.1 Å². The molecule has 0 aliphatic rings. The van der Waals surface area contributed by atoms with Crippen LogP contribution in [0, 0.1) is 18.3 Å². The number of ether oxygens (including phenoxy) is 1. The number of nitrogens with zero attached hydrogens (tertiary/aromatic N) is 1. The molecule has 0 amide bonds. The summed E-state index contributed by atoms with van der Waals surface area (Å²) in [6.07, 6.45) is 0. The molecule has 0 atom stereocenters. The second-order valence-corrected chi connectivity index (χ2v) is 6.73. The van der Waals surface area contributed by atoms with Crippen molar-refractivity contribution in [2.75, 3.05) is 12.4 Å². The van der Waals surface area contributed by atoms with Crippen LogP contribution >= 0.6 is 0 Å². The van der Waals surface area contributed by atoms with Crippen LogP contribution in [0.25, 0.3) is 0 Å². The number of nitriles is 1. The van der Waals surface area contributed by atoms with Crippen molar-refractivity contribution in [3.05, 3.63) is 59.7 Å². The summed E-state index contributed by atoms with van der Waals surface area (Å²) in [6, 6.07) is 15.4. The molecular formula is C16H15NO3S. The molecule has 0 fully saturated rings.